The lowest BCUT2D eigenvalue weighted by Gasteiger charge is -2.31. The third-order valence-corrected chi connectivity index (χ3v) is 5.17. The minimum atomic E-state index is -1.06. The summed E-state index contributed by atoms with van der Waals surface area (Å²) in [5, 5.41) is 11.8. The molecule has 1 amide bonds. The molecule has 1 aromatic carbocycles. The number of rotatable bonds is 7. The van der Waals surface area contributed by atoms with Gasteiger partial charge in [0.15, 0.2) is 0 Å². The van der Waals surface area contributed by atoms with Crippen molar-refractivity contribution in [3.8, 4) is 17.0 Å². The number of benzene rings is 1. The number of nitrogens with zero attached hydrogens (tertiary/aromatic N) is 3. The molecule has 2 N–H and O–H groups in total. The van der Waals surface area contributed by atoms with Crippen LogP contribution in [0.15, 0.2) is 29.9 Å². The van der Waals surface area contributed by atoms with Crippen molar-refractivity contribution in [2.24, 2.45) is 5.92 Å². The molecule has 2 heterocycles. The summed E-state index contributed by atoms with van der Waals surface area (Å²) < 4.78 is 7.02. The Kier molecular flexibility index (Phi) is 5.79. The van der Waals surface area contributed by atoms with E-state index in [0.29, 0.717) is 23.9 Å². The number of thiazole rings is 1. The van der Waals surface area contributed by atoms with Crippen molar-refractivity contribution in [1.82, 2.24) is 20.3 Å². The van der Waals surface area contributed by atoms with Crippen molar-refractivity contribution in [2.75, 3.05) is 6.61 Å². The fourth-order valence-corrected chi connectivity index (χ4v) is 4.22. The highest BCUT2D eigenvalue weighted by atomic mass is 32.1. The molecule has 0 saturated heterocycles. The van der Waals surface area contributed by atoms with E-state index in [4.69, 9.17) is 4.74 Å². The second-order valence-corrected chi connectivity index (χ2v) is 8.36. The number of amides is 1. The summed E-state index contributed by atoms with van der Waals surface area (Å²) in [4.78, 5) is 24.3. The van der Waals surface area contributed by atoms with E-state index in [-0.39, 0.29) is 6.61 Å². The Morgan fingerprint density at radius 2 is 2.11 bits per heavy atom. The van der Waals surface area contributed by atoms with Crippen molar-refractivity contribution >= 4 is 27.6 Å². The van der Waals surface area contributed by atoms with Crippen LogP contribution >= 0.6 is 11.3 Å². The molecule has 2 aromatic heterocycles. The molecule has 7 nitrogen and oxygen atoms in total. The standard InChI is InChI=1S/C20H24N4O3S/c1-12(2)9-20(4,24-19(25)26)10-27-16-6-5-14(18-17(16)22-11-28-18)15-7-8-21-13(3)23-15/h5-8,11-12,24H,9-10H2,1-4H3,(H,25,26). The first-order valence-electron chi connectivity index (χ1n) is 9.07. The lowest BCUT2D eigenvalue weighted by molar-refractivity contribution is 0.144. The molecular weight excluding hydrogens is 376 g/mol. The lowest BCUT2D eigenvalue weighted by atomic mass is 9.91. The highest BCUT2D eigenvalue weighted by Gasteiger charge is 2.29. The topological polar surface area (TPSA) is 97.2 Å². The maximum Gasteiger partial charge on any atom is 0.405 e. The first kappa shape index (κ1) is 20.0. The molecule has 0 bridgehead atoms. The zero-order valence-electron chi connectivity index (χ0n) is 16.4. The molecule has 0 saturated carbocycles. The van der Waals surface area contributed by atoms with Gasteiger partial charge in [0.05, 0.1) is 21.4 Å². The van der Waals surface area contributed by atoms with Gasteiger partial charge >= 0.3 is 6.09 Å². The summed E-state index contributed by atoms with van der Waals surface area (Å²) in [6.07, 6.45) is 1.35. The van der Waals surface area contributed by atoms with E-state index in [1.165, 1.54) is 11.3 Å². The molecule has 1 unspecified atom stereocenters. The SMILES string of the molecule is Cc1nccc(-c2ccc(OCC(C)(CC(C)C)NC(=O)O)c3ncsc23)n1. The van der Waals surface area contributed by atoms with E-state index in [1.807, 2.05) is 32.0 Å². The number of ether oxygens (including phenoxy) is 1. The van der Waals surface area contributed by atoms with Crippen LogP contribution in [0.4, 0.5) is 4.79 Å². The summed E-state index contributed by atoms with van der Waals surface area (Å²) in [7, 11) is 0. The van der Waals surface area contributed by atoms with Gasteiger partial charge in [-0.1, -0.05) is 13.8 Å². The van der Waals surface area contributed by atoms with Gasteiger partial charge in [0, 0.05) is 11.8 Å². The van der Waals surface area contributed by atoms with E-state index < -0.39 is 11.6 Å². The van der Waals surface area contributed by atoms with Gasteiger partial charge in [0.1, 0.15) is 23.7 Å². The highest BCUT2D eigenvalue weighted by molar-refractivity contribution is 7.17. The Hall–Kier alpha value is -2.74. The minimum absolute atomic E-state index is 0.218. The fraction of sp³-hybridized carbons (Fsp3) is 0.400. The number of nitrogens with one attached hydrogen (secondary N) is 1. The van der Waals surface area contributed by atoms with Crippen LogP contribution in [-0.2, 0) is 0 Å². The fourth-order valence-electron chi connectivity index (χ4n) is 3.39. The first-order chi connectivity index (χ1) is 13.3. The van der Waals surface area contributed by atoms with Crippen LogP contribution in [0.5, 0.6) is 5.75 Å². The lowest BCUT2D eigenvalue weighted by Crippen LogP contribution is -2.50. The molecule has 0 spiro atoms. The van der Waals surface area contributed by atoms with Gasteiger partial charge in [0.25, 0.3) is 0 Å². The van der Waals surface area contributed by atoms with Gasteiger partial charge in [-0.2, -0.15) is 0 Å². The molecule has 3 rings (SSSR count). The predicted molar refractivity (Wildman–Crippen MR) is 110 cm³/mol. The van der Waals surface area contributed by atoms with E-state index in [1.54, 1.807) is 11.7 Å². The largest absolute Gasteiger partial charge is 0.489 e. The number of aryl methyl sites for hydroxylation is 1. The molecule has 0 fully saturated rings. The van der Waals surface area contributed by atoms with E-state index in [0.717, 1.165) is 21.5 Å². The maximum absolute atomic E-state index is 11.2. The molecular formula is C20H24N4O3S. The molecule has 8 heteroatoms. The van der Waals surface area contributed by atoms with Gasteiger partial charge in [0.2, 0.25) is 0 Å². The number of carbonyl (C=O) groups is 1. The summed E-state index contributed by atoms with van der Waals surface area (Å²) in [6, 6.07) is 5.70. The number of carboxylic acid groups (broad SMARTS) is 1. The van der Waals surface area contributed by atoms with Crippen molar-refractivity contribution in [1.29, 1.82) is 0 Å². The zero-order chi connectivity index (χ0) is 20.3. The predicted octanol–water partition coefficient (Wildman–Crippen LogP) is 4.51. The number of aromatic nitrogens is 3. The smallest absolute Gasteiger partial charge is 0.405 e. The summed E-state index contributed by atoms with van der Waals surface area (Å²) >= 11 is 1.52. The van der Waals surface area contributed by atoms with Gasteiger partial charge in [-0.25, -0.2) is 19.7 Å². The van der Waals surface area contributed by atoms with Crippen molar-refractivity contribution in [3.63, 3.8) is 0 Å². The third-order valence-electron chi connectivity index (χ3n) is 4.31. The molecule has 0 aliphatic heterocycles. The number of hydrogen-bond acceptors (Lipinski definition) is 6. The minimum Gasteiger partial charge on any atom is -0.489 e. The Morgan fingerprint density at radius 1 is 1.32 bits per heavy atom. The monoisotopic (exact) mass is 400 g/mol. The second-order valence-electron chi connectivity index (χ2n) is 7.51. The maximum atomic E-state index is 11.2. The number of hydrogen-bond donors (Lipinski definition) is 2. The van der Waals surface area contributed by atoms with Gasteiger partial charge in [-0.3, -0.25) is 0 Å². The Bertz CT molecular complexity index is 988. The zero-order valence-corrected chi connectivity index (χ0v) is 17.2. The molecule has 0 aliphatic rings. The van der Waals surface area contributed by atoms with Crippen LogP contribution in [-0.4, -0.2) is 38.3 Å². The molecule has 28 heavy (non-hydrogen) atoms. The normalized spacial score (nSPS) is 13.5. The van der Waals surface area contributed by atoms with Crippen LogP contribution in [0.3, 0.4) is 0 Å². The second kappa shape index (κ2) is 8.10. The Morgan fingerprint density at radius 3 is 2.79 bits per heavy atom. The van der Waals surface area contributed by atoms with Crippen LogP contribution < -0.4 is 10.1 Å². The van der Waals surface area contributed by atoms with E-state index in [9.17, 15) is 9.90 Å². The number of fused-ring (bicyclic) bond motifs is 1. The van der Waals surface area contributed by atoms with Crippen molar-refractivity contribution in [3.05, 3.63) is 35.7 Å². The van der Waals surface area contributed by atoms with E-state index in [2.05, 4.69) is 34.1 Å². The average molecular weight is 401 g/mol. The first-order valence-corrected chi connectivity index (χ1v) is 9.95. The molecule has 3 aromatic rings. The van der Waals surface area contributed by atoms with Crippen LogP contribution in [0.1, 0.15) is 33.0 Å². The summed E-state index contributed by atoms with van der Waals surface area (Å²) in [5.74, 6) is 1.66. The Balaban J connectivity index is 1.89. The van der Waals surface area contributed by atoms with Crippen molar-refractivity contribution in [2.45, 2.75) is 39.7 Å². The highest BCUT2D eigenvalue weighted by Crippen LogP contribution is 2.36. The average Bonchev–Trinajstić information content (AvgIpc) is 3.08. The molecule has 148 valence electrons. The van der Waals surface area contributed by atoms with Crippen LogP contribution in [0.25, 0.3) is 21.5 Å². The third kappa shape index (κ3) is 4.56. The van der Waals surface area contributed by atoms with Gasteiger partial charge < -0.3 is 15.2 Å². The van der Waals surface area contributed by atoms with Crippen molar-refractivity contribution < 1.29 is 14.6 Å². The Labute approximate surface area is 167 Å². The molecule has 0 aliphatic carbocycles. The molecule has 1 atom stereocenters. The van der Waals surface area contributed by atoms with E-state index >= 15 is 0 Å². The van der Waals surface area contributed by atoms with Crippen LogP contribution in [0, 0.1) is 12.8 Å². The quantitative estimate of drug-likeness (QED) is 0.605. The van der Waals surface area contributed by atoms with Gasteiger partial charge in [-0.15, -0.1) is 11.3 Å². The summed E-state index contributed by atoms with van der Waals surface area (Å²) in [6.45, 7) is 8.04. The van der Waals surface area contributed by atoms with Gasteiger partial charge in [-0.05, 0) is 44.4 Å². The van der Waals surface area contributed by atoms with Crippen LogP contribution in [0.2, 0.25) is 0 Å². The summed E-state index contributed by atoms with van der Waals surface area (Å²) in [5.41, 5.74) is 3.65. The molecule has 0 radical (unpaired) electrons.